The van der Waals surface area contributed by atoms with Crippen LogP contribution in [0, 0.1) is 0 Å². The topological polar surface area (TPSA) is 20.2 Å². The molecular weight excluding hydrogens is 229 g/mol. The second-order valence-corrected chi connectivity index (χ2v) is 3.79. The third-order valence-electron chi connectivity index (χ3n) is 2.09. The molecular formula is C10H10ClF3O. The first-order valence-corrected chi connectivity index (χ1v) is 4.71. The van der Waals surface area contributed by atoms with Crippen LogP contribution in [0.1, 0.15) is 24.0 Å². The Labute approximate surface area is 90.5 Å². The number of hydrogen-bond donors (Lipinski definition) is 1. The molecule has 0 saturated heterocycles. The van der Waals surface area contributed by atoms with E-state index in [0.29, 0.717) is 5.56 Å². The lowest BCUT2D eigenvalue weighted by Crippen LogP contribution is -2.07. The van der Waals surface area contributed by atoms with Gasteiger partial charge in [-0.15, -0.1) is 0 Å². The van der Waals surface area contributed by atoms with Gasteiger partial charge in [0.1, 0.15) is 0 Å². The van der Waals surface area contributed by atoms with Crippen LogP contribution < -0.4 is 0 Å². The molecule has 15 heavy (non-hydrogen) atoms. The molecule has 84 valence electrons. The molecule has 0 spiro atoms. The summed E-state index contributed by atoms with van der Waals surface area (Å²) < 4.78 is 37.2. The van der Waals surface area contributed by atoms with Crippen LogP contribution in [-0.2, 0) is 6.18 Å². The highest BCUT2D eigenvalue weighted by Gasteiger charge is 2.31. The maximum atomic E-state index is 12.4. The summed E-state index contributed by atoms with van der Waals surface area (Å²) in [5, 5.41) is 8.88. The van der Waals surface area contributed by atoms with Crippen molar-refractivity contribution in [2.45, 2.75) is 19.0 Å². The van der Waals surface area contributed by atoms with Gasteiger partial charge in [0, 0.05) is 17.5 Å². The summed E-state index contributed by atoms with van der Waals surface area (Å²) in [5.74, 6) is -0.357. The summed E-state index contributed by atoms with van der Waals surface area (Å²) in [7, 11) is 0. The Kier molecular flexibility index (Phi) is 3.62. The van der Waals surface area contributed by atoms with Crippen LogP contribution in [0.25, 0.3) is 0 Å². The van der Waals surface area contributed by atoms with Crippen molar-refractivity contribution < 1.29 is 18.3 Å². The van der Waals surface area contributed by atoms with Gasteiger partial charge in [-0.1, -0.05) is 18.5 Å². The highest BCUT2D eigenvalue weighted by molar-refractivity contribution is 6.30. The van der Waals surface area contributed by atoms with Crippen molar-refractivity contribution in [2.24, 2.45) is 0 Å². The maximum Gasteiger partial charge on any atom is 0.416 e. The van der Waals surface area contributed by atoms with E-state index < -0.39 is 11.7 Å². The van der Waals surface area contributed by atoms with Crippen LogP contribution in [0.15, 0.2) is 18.2 Å². The maximum absolute atomic E-state index is 12.4. The van der Waals surface area contributed by atoms with Crippen LogP contribution in [0.5, 0.6) is 0 Å². The average molecular weight is 239 g/mol. The van der Waals surface area contributed by atoms with Gasteiger partial charge in [0.05, 0.1) is 5.56 Å². The van der Waals surface area contributed by atoms with Crippen molar-refractivity contribution in [3.05, 3.63) is 34.3 Å². The van der Waals surface area contributed by atoms with Gasteiger partial charge in [-0.2, -0.15) is 13.2 Å². The Bertz CT molecular complexity index is 349. The normalized spacial score (nSPS) is 14.0. The number of aliphatic hydroxyl groups excluding tert-OH is 1. The molecule has 0 radical (unpaired) electrons. The van der Waals surface area contributed by atoms with E-state index in [2.05, 4.69) is 0 Å². The van der Waals surface area contributed by atoms with Crippen molar-refractivity contribution in [3.8, 4) is 0 Å². The van der Waals surface area contributed by atoms with E-state index in [9.17, 15) is 13.2 Å². The molecule has 0 aromatic heterocycles. The zero-order valence-corrected chi connectivity index (χ0v) is 8.73. The Morgan fingerprint density at radius 3 is 2.40 bits per heavy atom. The molecule has 1 unspecified atom stereocenters. The van der Waals surface area contributed by atoms with E-state index in [1.807, 2.05) is 0 Å². The Hall–Kier alpha value is -0.740. The molecule has 0 aliphatic carbocycles. The molecule has 1 atom stereocenters. The minimum atomic E-state index is -4.41. The molecule has 1 N–H and O–H groups in total. The molecule has 1 rings (SSSR count). The van der Waals surface area contributed by atoms with E-state index in [0.717, 1.165) is 12.1 Å². The van der Waals surface area contributed by atoms with Gasteiger partial charge < -0.3 is 5.11 Å². The Morgan fingerprint density at radius 1 is 1.33 bits per heavy atom. The summed E-state index contributed by atoms with van der Waals surface area (Å²) >= 11 is 5.58. The van der Waals surface area contributed by atoms with E-state index in [1.54, 1.807) is 6.92 Å². The smallest absolute Gasteiger partial charge is 0.396 e. The molecule has 1 aromatic carbocycles. The van der Waals surface area contributed by atoms with E-state index >= 15 is 0 Å². The van der Waals surface area contributed by atoms with Gasteiger partial charge >= 0.3 is 6.18 Å². The fourth-order valence-corrected chi connectivity index (χ4v) is 1.41. The number of benzene rings is 1. The van der Waals surface area contributed by atoms with Crippen molar-refractivity contribution in [1.29, 1.82) is 0 Å². The van der Waals surface area contributed by atoms with Crippen LogP contribution in [0.4, 0.5) is 13.2 Å². The molecule has 0 aliphatic rings. The quantitative estimate of drug-likeness (QED) is 0.837. The van der Waals surface area contributed by atoms with E-state index in [4.69, 9.17) is 16.7 Å². The van der Waals surface area contributed by atoms with Crippen LogP contribution >= 0.6 is 11.6 Å². The van der Waals surface area contributed by atoms with Gasteiger partial charge in [-0.3, -0.25) is 0 Å². The molecule has 1 nitrogen and oxygen atoms in total. The third-order valence-corrected chi connectivity index (χ3v) is 2.31. The lowest BCUT2D eigenvalue weighted by Gasteiger charge is -2.13. The predicted molar refractivity (Wildman–Crippen MR) is 52.0 cm³/mol. The fraction of sp³-hybridized carbons (Fsp3) is 0.400. The lowest BCUT2D eigenvalue weighted by molar-refractivity contribution is -0.137. The molecule has 1 aromatic rings. The largest absolute Gasteiger partial charge is 0.416 e. The average Bonchev–Trinajstić information content (AvgIpc) is 2.14. The van der Waals surface area contributed by atoms with E-state index in [1.165, 1.54) is 6.07 Å². The predicted octanol–water partition coefficient (Wildman–Crippen LogP) is 3.45. The molecule has 0 saturated carbocycles. The van der Waals surface area contributed by atoms with Gasteiger partial charge in [0.25, 0.3) is 0 Å². The first kappa shape index (κ1) is 12.3. The third kappa shape index (κ3) is 3.11. The lowest BCUT2D eigenvalue weighted by atomic mass is 10.00. The highest BCUT2D eigenvalue weighted by atomic mass is 35.5. The SMILES string of the molecule is CC(CO)c1cc(Cl)cc(C(F)(F)F)c1. The first-order valence-electron chi connectivity index (χ1n) is 4.33. The summed E-state index contributed by atoms with van der Waals surface area (Å²) in [6.07, 6.45) is -4.41. The molecule has 0 aliphatic heterocycles. The van der Waals surface area contributed by atoms with Crippen molar-refractivity contribution in [3.63, 3.8) is 0 Å². The van der Waals surface area contributed by atoms with Gasteiger partial charge in [-0.25, -0.2) is 0 Å². The number of alkyl halides is 3. The first-order chi connectivity index (χ1) is 6.84. The minimum Gasteiger partial charge on any atom is -0.396 e. The van der Waals surface area contributed by atoms with Gasteiger partial charge in [0.15, 0.2) is 0 Å². The molecule has 0 bridgehead atoms. The summed E-state index contributed by atoms with van der Waals surface area (Å²) in [6.45, 7) is 1.42. The number of aliphatic hydroxyl groups is 1. The summed E-state index contributed by atoms with van der Waals surface area (Å²) in [5.41, 5.74) is -0.400. The summed E-state index contributed by atoms with van der Waals surface area (Å²) in [4.78, 5) is 0. The molecule has 0 fully saturated rings. The highest BCUT2D eigenvalue weighted by Crippen LogP contribution is 2.33. The Balaban J connectivity index is 3.17. The van der Waals surface area contributed by atoms with Gasteiger partial charge in [0.2, 0.25) is 0 Å². The number of hydrogen-bond acceptors (Lipinski definition) is 1. The minimum absolute atomic E-state index is 0.0279. The second kappa shape index (κ2) is 4.41. The number of rotatable bonds is 2. The summed E-state index contributed by atoms with van der Waals surface area (Å²) in [6, 6.07) is 3.31. The monoisotopic (exact) mass is 238 g/mol. The van der Waals surface area contributed by atoms with E-state index in [-0.39, 0.29) is 17.5 Å². The van der Waals surface area contributed by atoms with Gasteiger partial charge in [-0.05, 0) is 23.8 Å². The van der Waals surface area contributed by atoms with Crippen LogP contribution in [0.3, 0.4) is 0 Å². The molecule has 5 heteroatoms. The standard InChI is InChI=1S/C10H10ClF3O/c1-6(5-15)7-2-8(10(12,13)14)4-9(11)3-7/h2-4,6,15H,5H2,1H3. The van der Waals surface area contributed by atoms with Crippen molar-refractivity contribution in [2.75, 3.05) is 6.61 Å². The zero-order chi connectivity index (χ0) is 11.6. The molecule has 0 amide bonds. The number of halogens is 4. The Morgan fingerprint density at radius 2 is 1.93 bits per heavy atom. The van der Waals surface area contributed by atoms with Crippen LogP contribution in [-0.4, -0.2) is 11.7 Å². The van der Waals surface area contributed by atoms with Crippen molar-refractivity contribution >= 4 is 11.6 Å². The van der Waals surface area contributed by atoms with Crippen molar-refractivity contribution in [1.82, 2.24) is 0 Å². The second-order valence-electron chi connectivity index (χ2n) is 3.35. The molecule has 0 heterocycles. The van der Waals surface area contributed by atoms with Crippen LogP contribution in [0.2, 0.25) is 5.02 Å². The fourth-order valence-electron chi connectivity index (χ4n) is 1.17. The zero-order valence-electron chi connectivity index (χ0n) is 7.98.